The first-order chi connectivity index (χ1) is 9.20. The number of carbonyl (C=O) groups excluding carboxylic acids is 1. The molecule has 1 unspecified atom stereocenters. The molecule has 0 spiro atoms. The fraction of sp³-hybridized carbons (Fsp3) is 0.562. The molecule has 1 amide bonds. The van der Waals surface area contributed by atoms with Gasteiger partial charge in [-0.05, 0) is 56.9 Å². The van der Waals surface area contributed by atoms with Crippen LogP contribution < -0.4 is 5.32 Å². The number of hydrogen-bond acceptors (Lipinski definition) is 2. The molecule has 0 saturated heterocycles. The highest BCUT2D eigenvalue weighted by Crippen LogP contribution is 2.39. The van der Waals surface area contributed by atoms with Gasteiger partial charge in [-0.25, -0.2) is 4.79 Å². The summed E-state index contributed by atoms with van der Waals surface area (Å²) in [6.07, 6.45) is 1.76. The van der Waals surface area contributed by atoms with E-state index >= 15 is 0 Å². The molecular weight excluding hydrogens is 318 g/mol. The number of aryl methyl sites for hydroxylation is 1. The average molecular weight is 340 g/mol. The van der Waals surface area contributed by atoms with Crippen LogP contribution in [0.1, 0.15) is 45.2 Å². The van der Waals surface area contributed by atoms with E-state index in [-0.39, 0.29) is 11.5 Å². The number of amides is 1. The fourth-order valence-corrected chi connectivity index (χ4v) is 3.08. The number of carbonyl (C=O) groups is 1. The maximum absolute atomic E-state index is 11.8. The van der Waals surface area contributed by atoms with Crippen molar-refractivity contribution in [2.24, 2.45) is 0 Å². The first kappa shape index (κ1) is 15.4. The van der Waals surface area contributed by atoms with Gasteiger partial charge >= 0.3 is 6.09 Å². The van der Waals surface area contributed by atoms with Gasteiger partial charge in [0.2, 0.25) is 0 Å². The largest absolute Gasteiger partial charge is 0.444 e. The van der Waals surface area contributed by atoms with Crippen LogP contribution in [0.5, 0.6) is 0 Å². The molecule has 0 radical (unpaired) electrons. The summed E-state index contributed by atoms with van der Waals surface area (Å²) in [6.45, 7) is 8.42. The van der Waals surface area contributed by atoms with Crippen molar-refractivity contribution in [3.63, 3.8) is 0 Å². The molecule has 2 rings (SSSR count). The minimum atomic E-state index is -0.455. The molecule has 0 saturated carbocycles. The molecule has 1 aliphatic carbocycles. The summed E-state index contributed by atoms with van der Waals surface area (Å²) >= 11 is 3.51. The Kier molecular flexibility index (Phi) is 4.14. The number of fused-ring (bicyclic) bond motifs is 1. The lowest BCUT2D eigenvalue weighted by atomic mass is 9.84. The zero-order valence-corrected chi connectivity index (χ0v) is 14.1. The smallest absolute Gasteiger partial charge is 0.407 e. The van der Waals surface area contributed by atoms with Gasteiger partial charge in [0.15, 0.2) is 0 Å². The van der Waals surface area contributed by atoms with Crippen molar-refractivity contribution in [2.75, 3.05) is 6.54 Å². The van der Waals surface area contributed by atoms with Crippen molar-refractivity contribution in [1.29, 1.82) is 0 Å². The van der Waals surface area contributed by atoms with Gasteiger partial charge in [-0.1, -0.05) is 28.9 Å². The van der Waals surface area contributed by atoms with Gasteiger partial charge in [0.1, 0.15) is 5.60 Å². The fourth-order valence-electron chi connectivity index (χ4n) is 2.67. The molecule has 0 aromatic heterocycles. The molecule has 4 heteroatoms. The summed E-state index contributed by atoms with van der Waals surface area (Å²) in [5.74, 6) is 0. The van der Waals surface area contributed by atoms with Crippen molar-refractivity contribution < 1.29 is 9.53 Å². The number of rotatable bonds is 2. The predicted molar refractivity (Wildman–Crippen MR) is 84.1 cm³/mol. The molecule has 1 aromatic rings. The first-order valence-corrected chi connectivity index (χ1v) is 7.75. The lowest BCUT2D eigenvalue weighted by Crippen LogP contribution is -2.40. The molecule has 3 nitrogen and oxygen atoms in total. The van der Waals surface area contributed by atoms with E-state index in [1.807, 2.05) is 20.8 Å². The van der Waals surface area contributed by atoms with Gasteiger partial charge in [0.05, 0.1) is 0 Å². The van der Waals surface area contributed by atoms with Crippen LogP contribution in [0.25, 0.3) is 0 Å². The second kappa shape index (κ2) is 5.40. The molecule has 0 aliphatic heterocycles. The van der Waals surface area contributed by atoms with Crippen LogP contribution in [0.15, 0.2) is 22.7 Å². The average Bonchev–Trinajstić information content (AvgIpc) is 2.63. The van der Waals surface area contributed by atoms with Crippen molar-refractivity contribution in [2.45, 2.75) is 51.6 Å². The summed E-state index contributed by atoms with van der Waals surface area (Å²) in [6, 6.07) is 6.40. The van der Waals surface area contributed by atoms with E-state index in [0.29, 0.717) is 6.54 Å². The maximum Gasteiger partial charge on any atom is 0.407 e. The molecule has 0 bridgehead atoms. The Morgan fingerprint density at radius 1 is 1.45 bits per heavy atom. The van der Waals surface area contributed by atoms with E-state index in [4.69, 9.17) is 4.74 Å². The number of nitrogens with one attached hydrogen (secondary N) is 1. The highest BCUT2D eigenvalue weighted by molar-refractivity contribution is 9.10. The Morgan fingerprint density at radius 2 is 2.15 bits per heavy atom. The molecule has 1 aromatic carbocycles. The number of ether oxygens (including phenoxy) is 1. The highest BCUT2D eigenvalue weighted by Gasteiger charge is 2.34. The summed E-state index contributed by atoms with van der Waals surface area (Å²) < 4.78 is 6.40. The van der Waals surface area contributed by atoms with Crippen molar-refractivity contribution >= 4 is 22.0 Å². The van der Waals surface area contributed by atoms with E-state index in [9.17, 15) is 4.79 Å². The number of alkyl carbamates (subject to hydrolysis) is 1. The van der Waals surface area contributed by atoms with Gasteiger partial charge in [-0.2, -0.15) is 0 Å². The molecule has 1 atom stereocenters. The van der Waals surface area contributed by atoms with Gasteiger partial charge in [0.25, 0.3) is 0 Å². The number of benzene rings is 1. The molecule has 1 aliphatic rings. The molecular formula is C16H22BrNO2. The Bertz CT molecular complexity index is 522. The SMILES string of the molecule is CC(C)(C)OC(=O)NCC1(C)CCc2cc(Br)ccc21. The lowest BCUT2D eigenvalue weighted by Gasteiger charge is -2.27. The zero-order valence-electron chi connectivity index (χ0n) is 12.5. The van der Waals surface area contributed by atoms with Crippen LogP contribution in [-0.2, 0) is 16.6 Å². The standard InChI is InChI=1S/C16H22BrNO2/c1-15(2,3)20-14(19)18-10-16(4)8-7-11-9-12(17)5-6-13(11)16/h5-6,9H,7-8,10H2,1-4H3,(H,18,19). The van der Waals surface area contributed by atoms with Crippen LogP contribution in [0, 0.1) is 0 Å². The number of halogens is 1. The van der Waals surface area contributed by atoms with Crippen LogP contribution >= 0.6 is 15.9 Å². The second-order valence-corrected chi connectivity index (χ2v) is 7.63. The highest BCUT2D eigenvalue weighted by atomic mass is 79.9. The predicted octanol–water partition coefficient (Wildman–Crippen LogP) is 4.18. The zero-order chi connectivity index (χ0) is 15.0. The molecule has 20 heavy (non-hydrogen) atoms. The van der Waals surface area contributed by atoms with Crippen molar-refractivity contribution in [1.82, 2.24) is 5.32 Å². The van der Waals surface area contributed by atoms with Gasteiger partial charge in [-0.3, -0.25) is 0 Å². The molecule has 0 heterocycles. The second-order valence-electron chi connectivity index (χ2n) is 6.72. The van der Waals surface area contributed by atoms with Crippen LogP contribution in [0.2, 0.25) is 0 Å². The topological polar surface area (TPSA) is 38.3 Å². The summed E-state index contributed by atoms with van der Waals surface area (Å²) in [5.41, 5.74) is 2.24. The summed E-state index contributed by atoms with van der Waals surface area (Å²) in [5, 5.41) is 2.90. The Hall–Kier alpha value is -1.03. The van der Waals surface area contributed by atoms with Crippen LogP contribution in [0.3, 0.4) is 0 Å². The molecule has 0 fully saturated rings. The maximum atomic E-state index is 11.8. The minimum absolute atomic E-state index is 0.00701. The Labute approximate surface area is 129 Å². The quantitative estimate of drug-likeness (QED) is 0.877. The Morgan fingerprint density at radius 3 is 2.80 bits per heavy atom. The van der Waals surface area contributed by atoms with Gasteiger partial charge in [0, 0.05) is 16.4 Å². The summed E-state index contributed by atoms with van der Waals surface area (Å²) in [4.78, 5) is 11.8. The normalized spacial score (nSPS) is 21.4. The van der Waals surface area contributed by atoms with Crippen molar-refractivity contribution in [3.05, 3.63) is 33.8 Å². The van der Waals surface area contributed by atoms with E-state index in [2.05, 4.69) is 46.4 Å². The van der Waals surface area contributed by atoms with Gasteiger partial charge in [-0.15, -0.1) is 0 Å². The van der Waals surface area contributed by atoms with Crippen LogP contribution in [0.4, 0.5) is 4.79 Å². The van der Waals surface area contributed by atoms with Crippen molar-refractivity contribution in [3.8, 4) is 0 Å². The summed E-state index contributed by atoms with van der Waals surface area (Å²) in [7, 11) is 0. The van der Waals surface area contributed by atoms with Crippen LogP contribution in [-0.4, -0.2) is 18.2 Å². The van der Waals surface area contributed by atoms with E-state index in [1.54, 1.807) is 0 Å². The number of hydrogen-bond donors (Lipinski definition) is 1. The first-order valence-electron chi connectivity index (χ1n) is 6.95. The molecule has 1 N–H and O–H groups in total. The van der Waals surface area contributed by atoms with Gasteiger partial charge < -0.3 is 10.1 Å². The third-order valence-electron chi connectivity index (χ3n) is 3.69. The Balaban J connectivity index is 2.03. The van der Waals surface area contributed by atoms with E-state index < -0.39 is 5.60 Å². The lowest BCUT2D eigenvalue weighted by molar-refractivity contribution is 0.0516. The minimum Gasteiger partial charge on any atom is -0.444 e. The monoisotopic (exact) mass is 339 g/mol. The third kappa shape index (κ3) is 3.54. The third-order valence-corrected chi connectivity index (χ3v) is 4.18. The van der Waals surface area contributed by atoms with E-state index in [1.165, 1.54) is 11.1 Å². The molecule has 110 valence electrons. The van der Waals surface area contributed by atoms with E-state index in [0.717, 1.165) is 17.3 Å².